The molecular formula is C24H50. The van der Waals surface area contributed by atoms with E-state index in [1.54, 1.807) is 0 Å². The van der Waals surface area contributed by atoms with Crippen molar-refractivity contribution in [3.63, 3.8) is 0 Å². The molecule has 0 aromatic carbocycles. The minimum atomic E-state index is 0.947. The van der Waals surface area contributed by atoms with Gasteiger partial charge in [-0.15, -0.1) is 0 Å². The van der Waals surface area contributed by atoms with Crippen molar-refractivity contribution in [3.8, 4) is 0 Å². The lowest BCUT2D eigenvalue weighted by atomic mass is 9.81. The van der Waals surface area contributed by atoms with Gasteiger partial charge in [0.15, 0.2) is 0 Å². The van der Waals surface area contributed by atoms with Crippen LogP contribution < -0.4 is 0 Å². The van der Waals surface area contributed by atoms with E-state index in [1.165, 1.54) is 103 Å². The summed E-state index contributed by atoms with van der Waals surface area (Å²) < 4.78 is 0. The van der Waals surface area contributed by atoms with Gasteiger partial charge in [0.25, 0.3) is 0 Å². The number of unbranched alkanes of at least 4 members (excludes halogenated alkanes) is 5. The van der Waals surface area contributed by atoms with Crippen LogP contribution in [-0.2, 0) is 0 Å². The zero-order valence-corrected chi connectivity index (χ0v) is 18.0. The van der Waals surface area contributed by atoms with Gasteiger partial charge in [-0.2, -0.15) is 0 Å². The Balaban J connectivity index is 4.37. The molecule has 3 unspecified atom stereocenters. The molecule has 0 saturated carbocycles. The molecular weight excluding hydrogens is 288 g/mol. The Bertz CT molecular complexity index is 232. The molecule has 0 bridgehead atoms. The van der Waals surface area contributed by atoms with Crippen molar-refractivity contribution >= 4 is 0 Å². The highest BCUT2D eigenvalue weighted by atomic mass is 14.2. The first-order valence-corrected chi connectivity index (χ1v) is 11.7. The molecule has 0 amide bonds. The Kier molecular flexibility index (Phi) is 17.8. The van der Waals surface area contributed by atoms with E-state index in [1.807, 2.05) is 0 Å². The van der Waals surface area contributed by atoms with Gasteiger partial charge in [0.1, 0.15) is 0 Å². The third kappa shape index (κ3) is 14.4. The maximum Gasteiger partial charge on any atom is -0.0412 e. The second-order valence-electron chi connectivity index (χ2n) is 8.57. The van der Waals surface area contributed by atoms with Crippen molar-refractivity contribution in [2.24, 2.45) is 17.8 Å². The Morgan fingerprint density at radius 2 is 0.917 bits per heavy atom. The van der Waals surface area contributed by atoms with Gasteiger partial charge in [-0.05, 0) is 24.2 Å². The predicted octanol–water partition coefficient (Wildman–Crippen LogP) is 9.18. The summed E-state index contributed by atoms with van der Waals surface area (Å²) in [4.78, 5) is 0. The monoisotopic (exact) mass is 338 g/mol. The van der Waals surface area contributed by atoms with Gasteiger partial charge in [-0.3, -0.25) is 0 Å². The van der Waals surface area contributed by atoms with E-state index in [-0.39, 0.29) is 0 Å². The number of rotatable bonds is 18. The Hall–Kier alpha value is 0. The summed E-state index contributed by atoms with van der Waals surface area (Å²) in [5.74, 6) is 2.98. The molecule has 0 heteroatoms. The van der Waals surface area contributed by atoms with Crippen molar-refractivity contribution in [3.05, 3.63) is 0 Å². The van der Waals surface area contributed by atoms with Crippen LogP contribution in [0, 0.1) is 17.8 Å². The van der Waals surface area contributed by atoms with Crippen LogP contribution in [0.25, 0.3) is 0 Å². The fourth-order valence-corrected chi connectivity index (χ4v) is 4.12. The lowest BCUT2D eigenvalue weighted by Gasteiger charge is -2.25. The van der Waals surface area contributed by atoms with Crippen LogP contribution in [-0.4, -0.2) is 0 Å². The highest BCUT2D eigenvalue weighted by Crippen LogP contribution is 2.31. The average Bonchev–Trinajstić information content (AvgIpc) is 2.59. The number of hydrogen-bond acceptors (Lipinski definition) is 0. The molecule has 0 N–H and O–H groups in total. The van der Waals surface area contributed by atoms with E-state index in [0.717, 1.165) is 17.8 Å². The van der Waals surface area contributed by atoms with Crippen LogP contribution in [0.15, 0.2) is 0 Å². The van der Waals surface area contributed by atoms with Gasteiger partial charge in [0.2, 0.25) is 0 Å². The fourth-order valence-electron chi connectivity index (χ4n) is 4.12. The molecule has 0 rings (SSSR count). The summed E-state index contributed by atoms with van der Waals surface area (Å²) in [7, 11) is 0. The maximum absolute atomic E-state index is 2.49. The van der Waals surface area contributed by atoms with Crippen LogP contribution in [0.3, 0.4) is 0 Å². The zero-order chi connectivity index (χ0) is 18.0. The third-order valence-corrected chi connectivity index (χ3v) is 5.93. The number of hydrogen-bond donors (Lipinski definition) is 0. The van der Waals surface area contributed by atoms with Gasteiger partial charge in [0.05, 0.1) is 0 Å². The molecule has 0 aromatic rings. The van der Waals surface area contributed by atoms with Gasteiger partial charge >= 0.3 is 0 Å². The van der Waals surface area contributed by atoms with E-state index in [0.29, 0.717) is 0 Å². The lowest BCUT2D eigenvalue weighted by Crippen LogP contribution is -2.11. The molecule has 3 atom stereocenters. The summed E-state index contributed by atoms with van der Waals surface area (Å²) in [5.41, 5.74) is 0. The molecule has 146 valence electrons. The molecule has 0 aliphatic rings. The quantitative estimate of drug-likeness (QED) is 0.218. The van der Waals surface area contributed by atoms with Gasteiger partial charge in [-0.1, -0.05) is 131 Å². The summed E-state index contributed by atoms with van der Waals surface area (Å²) in [6.07, 6.45) is 23.2. The summed E-state index contributed by atoms with van der Waals surface area (Å²) in [6.45, 7) is 11.9. The smallest absolute Gasteiger partial charge is 0.0412 e. The van der Waals surface area contributed by atoms with Crippen LogP contribution in [0.5, 0.6) is 0 Å². The van der Waals surface area contributed by atoms with E-state index in [4.69, 9.17) is 0 Å². The minimum Gasteiger partial charge on any atom is -0.0654 e. The maximum atomic E-state index is 2.49. The van der Waals surface area contributed by atoms with Crippen molar-refractivity contribution in [1.82, 2.24) is 0 Å². The fraction of sp³-hybridized carbons (Fsp3) is 1.00. The Morgan fingerprint density at radius 3 is 1.46 bits per heavy atom. The standard InChI is InChI=1S/C24H50/c1-6-10-14-18-23(16-12-8-3)21-24(17-13-9-4)20-19-22(5)15-11-7-2/h22-24H,6-21H2,1-5H3. The van der Waals surface area contributed by atoms with E-state index < -0.39 is 0 Å². The van der Waals surface area contributed by atoms with Crippen LogP contribution in [0.2, 0.25) is 0 Å². The molecule has 0 heterocycles. The van der Waals surface area contributed by atoms with Gasteiger partial charge in [0, 0.05) is 0 Å². The molecule has 0 aliphatic heterocycles. The Labute approximate surface area is 155 Å². The molecule has 0 saturated heterocycles. The molecule has 24 heavy (non-hydrogen) atoms. The molecule has 0 aliphatic carbocycles. The van der Waals surface area contributed by atoms with Crippen LogP contribution >= 0.6 is 0 Å². The molecule has 0 nitrogen and oxygen atoms in total. The molecule has 0 aromatic heterocycles. The lowest BCUT2D eigenvalue weighted by molar-refractivity contribution is 0.274. The second kappa shape index (κ2) is 17.8. The SMILES string of the molecule is CCCCCC(CCCC)CC(CCCC)CCC(C)CCCC. The second-order valence-corrected chi connectivity index (χ2v) is 8.57. The average molecular weight is 339 g/mol. The molecule has 0 spiro atoms. The molecule has 0 fully saturated rings. The van der Waals surface area contributed by atoms with Crippen LogP contribution in [0.4, 0.5) is 0 Å². The van der Waals surface area contributed by atoms with Gasteiger partial charge < -0.3 is 0 Å². The highest BCUT2D eigenvalue weighted by Gasteiger charge is 2.17. The van der Waals surface area contributed by atoms with Crippen molar-refractivity contribution < 1.29 is 0 Å². The first kappa shape index (κ1) is 24.0. The van der Waals surface area contributed by atoms with E-state index in [2.05, 4.69) is 34.6 Å². The zero-order valence-electron chi connectivity index (χ0n) is 18.0. The van der Waals surface area contributed by atoms with Crippen LogP contribution in [0.1, 0.15) is 137 Å². The molecule has 0 radical (unpaired) electrons. The normalized spacial score (nSPS) is 15.4. The largest absolute Gasteiger partial charge is 0.0654 e. The van der Waals surface area contributed by atoms with Gasteiger partial charge in [-0.25, -0.2) is 0 Å². The van der Waals surface area contributed by atoms with E-state index >= 15 is 0 Å². The summed E-state index contributed by atoms with van der Waals surface area (Å²) in [5, 5.41) is 0. The van der Waals surface area contributed by atoms with Crippen molar-refractivity contribution in [1.29, 1.82) is 0 Å². The first-order chi connectivity index (χ1) is 11.7. The highest BCUT2D eigenvalue weighted by molar-refractivity contribution is 4.69. The predicted molar refractivity (Wildman–Crippen MR) is 113 cm³/mol. The third-order valence-electron chi connectivity index (χ3n) is 5.93. The summed E-state index contributed by atoms with van der Waals surface area (Å²) in [6, 6.07) is 0. The first-order valence-electron chi connectivity index (χ1n) is 11.7. The van der Waals surface area contributed by atoms with E-state index in [9.17, 15) is 0 Å². The van der Waals surface area contributed by atoms with Crippen molar-refractivity contribution in [2.75, 3.05) is 0 Å². The Morgan fingerprint density at radius 1 is 0.458 bits per heavy atom. The van der Waals surface area contributed by atoms with Crippen molar-refractivity contribution in [2.45, 2.75) is 137 Å². The minimum absolute atomic E-state index is 0.947. The topological polar surface area (TPSA) is 0 Å². The summed E-state index contributed by atoms with van der Waals surface area (Å²) >= 11 is 0.